The minimum Gasteiger partial charge on any atom is -0.481 e. The maximum absolute atomic E-state index is 12.4. The van der Waals surface area contributed by atoms with Gasteiger partial charge in [0.1, 0.15) is 0 Å². The Bertz CT molecular complexity index is 542. The minimum atomic E-state index is -0.731. The smallest absolute Gasteiger partial charge is 0.306 e. The second-order valence-corrected chi connectivity index (χ2v) is 6.43. The van der Waals surface area contributed by atoms with Crippen LogP contribution in [0, 0.1) is 5.92 Å². The van der Waals surface area contributed by atoms with Crippen LogP contribution in [0.3, 0.4) is 0 Å². The zero-order chi connectivity index (χ0) is 16.1. The number of amides is 1. The van der Waals surface area contributed by atoms with Crippen LogP contribution in [0.5, 0.6) is 0 Å². The van der Waals surface area contributed by atoms with Crippen LogP contribution in [0.1, 0.15) is 19.8 Å². The first-order valence-electron chi connectivity index (χ1n) is 7.43. The third kappa shape index (κ3) is 4.24. The third-order valence-corrected chi connectivity index (χ3v) is 4.87. The van der Waals surface area contributed by atoms with Gasteiger partial charge >= 0.3 is 5.97 Å². The molecule has 1 heterocycles. The van der Waals surface area contributed by atoms with Gasteiger partial charge in [0, 0.05) is 10.6 Å². The van der Waals surface area contributed by atoms with Gasteiger partial charge in [-0.2, -0.15) is 0 Å². The van der Waals surface area contributed by atoms with Crippen molar-refractivity contribution in [3.8, 4) is 0 Å². The van der Waals surface area contributed by atoms with E-state index < -0.39 is 5.97 Å². The summed E-state index contributed by atoms with van der Waals surface area (Å²) in [4.78, 5) is 26.5. The highest BCUT2D eigenvalue weighted by atomic mass is 32.2. The second-order valence-electron chi connectivity index (χ2n) is 5.55. The molecule has 2 N–H and O–H groups in total. The van der Waals surface area contributed by atoms with Gasteiger partial charge in [-0.05, 0) is 57.3 Å². The van der Waals surface area contributed by atoms with Gasteiger partial charge in [-0.1, -0.05) is 6.07 Å². The van der Waals surface area contributed by atoms with E-state index in [0.717, 1.165) is 10.6 Å². The van der Waals surface area contributed by atoms with Crippen molar-refractivity contribution >= 4 is 29.3 Å². The number of likely N-dealkylation sites (tertiary alicyclic amines) is 1. The first kappa shape index (κ1) is 16.8. The molecule has 1 aliphatic rings. The van der Waals surface area contributed by atoms with Crippen LogP contribution >= 0.6 is 11.8 Å². The molecular formula is C16H22N2O3S. The number of nitrogens with zero attached hydrogens (tertiary/aromatic N) is 1. The van der Waals surface area contributed by atoms with E-state index in [1.807, 2.05) is 42.3 Å². The van der Waals surface area contributed by atoms with Crippen molar-refractivity contribution in [1.82, 2.24) is 4.90 Å². The average molecular weight is 322 g/mol. The third-order valence-electron chi connectivity index (χ3n) is 4.14. The normalized spacial score (nSPS) is 17.9. The Morgan fingerprint density at radius 2 is 2.05 bits per heavy atom. The Balaban J connectivity index is 1.91. The Hall–Kier alpha value is -1.53. The zero-order valence-electron chi connectivity index (χ0n) is 12.9. The van der Waals surface area contributed by atoms with Crippen molar-refractivity contribution in [1.29, 1.82) is 0 Å². The van der Waals surface area contributed by atoms with Crippen LogP contribution in [-0.4, -0.2) is 47.3 Å². The van der Waals surface area contributed by atoms with Gasteiger partial charge in [-0.3, -0.25) is 14.5 Å². The lowest BCUT2D eigenvalue weighted by Gasteiger charge is -2.33. The molecule has 0 saturated carbocycles. The highest BCUT2D eigenvalue weighted by Crippen LogP contribution is 2.21. The van der Waals surface area contributed by atoms with Crippen molar-refractivity contribution in [2.24, 2.45) is 5.92 Å². The number of piperidine rings is 1. The van der Waals surface area contributed by atoms with Crippen LogP contribution in [0.15, 0.2) is 29.2 Å². The molecule has 1 aliphatic heterocycles. The SMILES string of the molecule is CSc1cccc(NC(=O)C(C)N2CCC(C(=O)O)CC2)c1. The Morgan fingerprint density at radius 1 is 1.36 bits per heavy atom. The molecule has 1 unspecified atom stereocenters. The van der Waals surface area contributed by atoms with E-state index in [0.29, 0.717) is 25.9 Å². The molecule has 1 amide bonds. The second kappa shape index (κ2) is 7.65. The highest BCUT2D eigenvalue weighted by Gasteiger charge is 2.29. The molecule has 0 aliphatic carbocycles. The van der Waals surface area contributed by atoms with Crippen LogP contribution in [0.25, 0.3) is 0 Å². The van der Waals surface area contributed by atoms with Crippen LogP contribution in [0.2, 0.25) is 0 Å². The topological polar surface area (TPSA) is 69.6 Å². The van der Waals surface area contributed by atoms with E-state index in [4.69, 9.17) is 5.11 Å². The number of carbonyl (C=O) groups excluding carboxylic acids is 1. The lowest BCUT2D eigenvalue weighted by atomic mass is 9.96. The van der Waals surface area contributed by atoms with Crippen LogP contribution < -0.4 is 5.32 Å². The summed E-state index contributed by atoms with van der Waals surface area (Å²) in [5, 5.41) is 12.0. The fraction of sp³-hybridized carbons (Fsp3) is 0.500. The summed E-state index contributed by atoms with van der Waals surface area (Å²) in [5.41, 5.74) is 0.795. The van der Waals surface area contributed by atoms with E-state index in [9.17, 15) is 9.59 Å². The summed E-state index contributed by atoms with van der Waals surface area (Å²) in [7, 11) is 0. The molecule has 1 atom stereocenters. The number of carbonyl (C=O) groups is 2. The van der Waals surface area contributed by atoms with Gasteiger partial charge in [0.15, 0.2) is 0 Å². The molecule has 5 nitrogen and oxygen atoms in total. The molecular weight excluding hydrogens is 300 g/mol. The van der Waals surface area contributed by atoms with E-state index >= 15 is 0 Å². The predicted molar refractivity (Wildman–Crippen MR) is 88.2 cm³/mol. The molecule has 1 fully saturated rings. The maximum Gasteiger partial charge on any atom is 0.306 e. The number of hydrogen-bond donors (Lipinski definition) is 2. The fourth-order valence-electron chi connectivity index (χ4n) is 2.65. The van der Waals surface area contributed by atoms with Gasteiger partial charge in [0.25, 0.3) is 0 Å². The molecule has 1 saturated heterocycles. The number of benzene rings is 1. The van der Waals surface area contributed by atoms with Crippen molar-refractivity contribution in [3.05, 3.63) is 24.3 Å². The fourth-order valence-corrected chi connectivity index (χ4v) is 3.11. The maximum atomic E-state index is 12.4. The number of aliphatic carboxylic acids is 1. The molecule has 2 rings (SSSR count). The molecule has 0 bridgehead atoms. The van der Waals surface area contributed by atoms with E-state index in [2.05, 4.69) is 5.32 Å². The molecule has 0 radical (unpaired) electrons. The van der Waals surface area contributed by atoms with Gasteiger partial charge in [0.2, 0.25) is 5.91 Å². The van der Waals surface area contributed by atoms with Crippen molar-refractivity contribution in [2.75, 3.05) is 24.7 Å². The standard InChI is InChI=1S/C16H22N2O3S/c1-11(18-8-6-12(7-9-18)16(20)21)15(19)17-13-4-3-5-14(10-13)22-2/h3-5,10-12H,6-9H2,1-2H3,(H,17,19)(H,20,21). The quantitative estimate of drug-likeness (QED) is 0.815. The summed E-state index contributed by atoms with van der Waals surface area (Å²) in [6.07, 6.45) is 3.21. The van der Waals surface area contributed by atoms with Gasteiger partial charge in [-0.15, -0.1) is 11.8 Å². The van der Waals surface area contributed by atoms with Crippen LogP contribution in [-0.2, 0) is 9.59 Å². The molecule has 0 aromatic heterocycles. The molecule has 0 spiro atoms. The summed E-state index contributed by atoms with van der Waals surface area (Å²) in [5.74, 6) is -1.05. The number of thioether (sulfide) groups is 1. The number of hydrogen-bond acceptors (Lipinski definition) is 4. The minimum absolute atomic E-state index is 0.0490. The number of carboxylic acids is 1. The average Bonchev–Trinajstić information content (AvgIpc) is 2.54. The van der Waals surface area contributed by atoms with Gasteiger partial charge in [-0.25, -0.2) is 0 Å². The summed E-state index contributed by atoms with van der Waals surface area (Å²) >= 11 is 1.63. The number of anilines is 1. The first-order valence-corrected chi connectivity index (χ1v) is 8.65. The van der Waals surface area contributed by atoms with E-state index in [-0.39, 0.29) is 17.9 Å². The number of rotatable bonds is 5. The number of nitrogens with one attached hydrogen (secondary N) is 1. The first-order chi connectivity index (χ1) is 10.5. The molecule has 1 aromatic carbocycles. The largest absolute Gasteiger partial charge is 0.481 e. The van der Waals surface area contributed by atoms with Crippen molar-refractivity contribution in [3.63, 3.8) is 0 Å². The Morgan fingerprint density at radius 3 is 2.64 bits per heavy atom. The predicted octanol–water partition coefficient (Wildman–Crippen LogP) is 2.53. The van der Waals surface area contributed by atoms with E-state index in [1.54, 1.807) is 11.8 Å². The lowest BCUT2D eigenvalue weighted by molar-refractivity contribution is -0.143. The number of carboxylic acid groups (broad SMARTS) is 1. The summed E-state index contributed by atoms with van der Waals surface area (Å²) < 4.78 is 0. The zero-order valence-corrected chi connectivity index (χ0v) is 13.7. The monoisotopic (exact) mass is 322 g/mol. The molecule has 120 valence electrons. The van der Waals surface area contributed by atoms with Crippen LogP contribution in [0.4, 0.5) is 5.69 Å². The highest BCUT2D eigenvalue weighted by molar-refractivity contribution is 7.98. The Labute approximate surface area is 135 Å². The molecule has 22 heavy (non-hydrogen) atoms. The molecule has 1 aromatic rings. The summed E-state index contributed by atoms with van der Waals surface area (Å²) in [6, 6.07) is 7.49. The lowest BCUT2D eigenvalue weighted by Crippen LogP contribution is -2.46. The van der Waals surface area contributed by atoms with Gasteiger partial charge in [0.05, 0.1) is 12.0 Å². The summed E-state index contributed by atoms with van der Waals surface area (Å²) in [6.45, 7) is 3.17. The van der Waals surface area contributed by atoms with Crippen molar-refractivity contribution < 1.29 is 14.7 Å². The van der Waals surface area contributed by atoms with Crippen molar-refractivity contribution in [2.45, 2.75) is 30.7 Å². The molecule has 6 heteroatoms. The van der Waals surface area contributed by atoms with E-state index in [1.165, 1.54) is 0 Å². The Kier molecular flexibility index (Phi) is 5.85. The van der Waals surface area contributed by atoms with Gasteiger partial charge < -0.3 is 10.4 Å².